The third-order valence-corrected chi connectivity index (χ3v) is 4.55. The summed E-state index contributed by atoms with van der Waals surface area (Å²) in [7, 11) is 2.17. The number of nitrogens with two attached hydrogens (primary N) is 1. The average Bonchev–Trinajstić information content (AvgIpc) is 2.93. The van der Waals surface area contributed by atoms with E-state index in [4.69, 9.17) is 17.3 Å². The summed E-state index contributed by atoms with van der Waals surface area (Å²) in [6.45, 7) is 7.45. The molecule has 112 valence electrons. The van der Waals surface area contributed by atoms with Gasteiger partial charge in [-0.15, -0.1) is 0 Å². The van der Waals surface area contributed by atoms with Crippen LogP contribution in [0.3, 0.4) is 0 Å². The number of rotatable bonds is 6. The van der Waals surface area contributed by atoms with E-state index in [9.17, 15) is 0 Å². The minimum Gasteiger partial charge on any atom is -0.329 e. The molecule has 0 amide bonds. The molecule has 2 rings (SSSR count). The van der Waals surface area contributed by atoms with E-state index >= 15 is 0 Å². The van der Waals surface area contributed by atoms with E-state index in [0.717, 1.165) is 18.1 Å². The molecule has 1 heterocycles. The Morgan fingerprint density at radius 2 is 2.05 bits per heavy atom. The largest absolute Gasteiger partial charge is 0.329 e. The number of hydrogen-bond acceptors (Lipinski definition) is 3. The Bertz CT molecular complexity index is 430. The van der Waals surface area contributed by atoms with Crippen molar-refractivity contribution in [2.24, 2.45) is 5.73 Å². The van der Waals surface area contributed by atoms with Gasteiger partial charge >= 0.3 is 0 Å². The van der Waals surface area contributed by atoms with Crippen molar-refractivity contribution in [3.8, 4) is 0 Å². The number of hydrogen-bond donors (Lipinski definition) is 1. The molecule has 1 aliphatic rings. The molecule has 1 atom stereocenters. The molecule has 4 heteroatoms. The Morgan fingerprint density at radius 1 is 1.35 bits per heavy atom. The molecule has 0 aliphatic carbocycles. The van der Waals surface area contributed by atoms with Crippen molar-refractivity contribution in [2.45, 2.75) is 25.8 Å². The van der Waals surface area contributed by atoms with Crippen LogP contribution in [0.1, 0.15) is 30.0 Å². The summed E-state index contributed by atoms with van der Waals surface area (Å²) in [6, 6.07) is 6.37. The van der Waals surface area contributed by atoms with Gasteiger partial charge in [0.05, 0.1) is 0 Å². The molecular formula is C16H26ClN3. The van der Waals surface area contributed by atoms with Gasteiger partial charge < -0.3 is 10.6 Å². The van der Waals surface area contributed by atoms with Crippen molar-refractivity contribution >= 4 is 11.6 Å². The highest BCUT2D eigenvalue weighted by Gasteiger charge is 2.19. The number of likely N-dealkylation sites (tertiary alicyclic amines) is 1. The van der Waals surface area contributed by atoms with Crippen molar-refractivity contribution in [3.63, 3.8) is 0 Å². The average molecular weight is 296 g/mol. The lowest BCUT2D eigenvalue weighted by molar-refractivity contribution is 0.209. The van der Waals surface area contributed by atoms with Gasteiger partial charge in [0.25, 0.3) is 0 Å². The van der Waals surface area contributed by atoms with Crippen LogP contribution in [-0.4, -0.2) is 49.6 Å². The molecule has 1 aliphatic heterocycles. The lowest BCUT2D eigenvalue weighted by Gasteiger charge is -2.30. The topological polar surface area (TPSA) is 32.5 Å². The maximum absolute atomic E-state index is 6.04. The van der Waals surface area contributed by atoms with Gasteiger partial charge in [0.15, 0.2) is 0 Å². The van der Waals surface area contributed by atoms with Gasteiger partial charge in [0.1, 0.15) is 0 Å². The van der Waals surface area contributed by atoms with Crippen molar-refractivity contribution in [1.29, 1.82) is 0 Å². The Morgan fingerprint density at radius 3 is 2.65 bits per heavy atom. The summed E-state index contributed by atoms with van der Waals surface area (Å²) in [5.41, 5.74) is 8.52. The highest BCUT2D eigenvalue weighted by Crippen LogP contribution is 2.24. The van der Waals surface area contributed by atoms with Crippen LogP contribution in [0.4, 0.5) is 0 Å². The Labute approximate surface area is 127 Å². The van der Waals surface area contributed by atoms with Crippen LogP contribution in [0.25, 0.3) is 0 Å². The van der Waals surface area contributed by atoms with E-state index in [0.29, 0.717) is 6.54 Å². The smallest absolute Gasteiger partial charge is 0.0470 e. The lowest BCUT2D eigenvalue weighted by Crippen LogP contribution is -2.37. The van der Waals surface area contributed by atoms with Crippen molar-refractivity contribution in [2.75, 3.05) is 39.8 Å². The second-order valence-electron chi connectivity index (χ2n) is 5.78. The molecule has 3 nitrogen and oxygen atoms in total. The summed E-state index contributed by atoms with van der Waals surface area (Å²) in [6.07, 6.45) is 2.70. The Balaban J connectivity index is 1.98. The van der Waals surface area contributed by atoms with Gasteiger partial charge in [-0.05, 0) is 63.2 Å². The quantitative estimate of drug-likeness (QED) is 0.876. The van der Waals surface area contributed by atoms with Gasteiger partial charge in [-0.1, -0.05) is 17.7 Å². The van der Waals surface area contributed by atoms with E-state index in [1.54, 1.807) is 0 Å². The summed E-state index contributed by atoms with van der Waals surface area (Å²) >= 11 is 6.04. The van der Waals surface area contributed by atoms with Crippen LogP contribution >= 0.6 is 11.6 Å². The zero-order chi connectivity index (χ0) is 14.5. The van der Waals surface area contributed by atoms with Gasteiger partial charge in [0.2, 0.25) is 0 Å². The molecule has 1 aromatic rings. The number of benzene rings is 1. The molecule has 0 spiro atoms. The van der Waals surface area contributed by atoms with Gasteiger partial charge in [-0.25, -0.2) is 0 Å². The minimum absolute atomic E-state index is 0.273. The Hall–Kier alpha value is -0.610. The second kappa shape index (κ2) is 7.41. The molecule has 0 saturated carbocycles. The van der Waals surface area contributed by atoms with Gasteiger partial charge in [-0.2, -0.15) is 0 Å². The minimum atomic E-state index is 0.273. The maximum Gasteiger partial charge on any atom is 0.0470 e. The zero-order valence-corrected chi connectivity index (χ0v) is 13.4. The lowest BCUT2D eigenvalue weighted by atomic mass is 10.0. The highest BCUT2D eigenvalue weighted by molar-refractivity contribution is 6.30. The van der Waals surface area contributed by atoms with E-state index in [2.05, 4.69) is 29.8 Å². The van der Waals surface area contributed by atoms with Gasteiger partial charge in [-0.3, -0.25) is 4.90 Å². The molecule has 0 radical (unpaired) electrons. The van der Waals surface area contributed by atoms with Crippen LogP contribution < -0.4 is 5.73 Å². The van der Waals surface area contributed by atoms with Crippen LogP contribution in [0.15, 0.2) is 18.2 Å². The standard InChI is InChI=1S/C16H26ClN3/c1-13-11-14(17)5-6-15(13)16(12-18)19(2)9-10-20-7-3-4-8-20/h5-6,11,16H,3-4,7-10,12,18H2,1-2H3. The number of aryl methyl sites for hydroxylation is 1. The maximum atomic E-state index is 6.04. The zero-order valence-electron chi connectivity index (χ0n) is 12.6. The molecule has 2 N–H and O–H groups in total. The van der Waals surface area contributed by atoms with Gasteiger partial charge in [0, 0.05) is 30.7 Å². The first-order valence-corrected chi connectivity index (χ1v) is 7.88. The normalized spacial score (nSPS) is 17.9. The second-order valence-corrected chi connectivity index (χ2v) is 6.22. The molecular weight excluding hydrogens is 270 g/mol. The van der Waals surface area contributed by atoms with E-state index < -0.39 is 0 Å². The van der Waals surface area contributed by atoms with E-state index in [1.807, 2.05) is 12.1 Å². The number of halogens is 1. The molecule has 1 saturated heterocycles. The predicted octanol–water partition coefficient (Wildman–Crippen LogP) is 2.68. The molecule has 0 aromatic heterocycles. The fourth-order valence-corrected chi connectivity index (χ4v) is 3.25. The van der Waals surface area contributed by atoms with Crippen LogP contribution in [-0.2, 0) is 0 Å². The first kappa shape index (κ1) is 15.8. The predicted molar refractivity (Wildman–Crippen MR) is 86.3 cm³/mol. The van der Waals surface area contributed by atoms with Crippen molar-refractivity contribution in [1.82, 2.24) is 9.80 Å². The van der Waals surface area contributed by atoms with Crippen molar-refractivity contribution in [3.05, 3.63) is 34.3 Å². The third-order valence-electron chi connectivity index (χ3n) is 4.31. The fourth-order valence-electron chi connectivity index (χ4n) is 3.02. The molecule has 1 fully saturated rings. The van der Waals surface area contributed by atoms with Crippen LogP contribution in [0.2, 0.25) is 5.02 Å². The van der Waals surface area contributed by atoms with E-state index in [1.165, 1.54) is 37.1 Å². The number of likely N-dealkylation sites (N-methyl/N-ethyl adjacent to an activating group) is 1. The fraction of sp³-hybridized carbons (Fsp3) is 0.625. The SMILES string of the molecule is Cc1cc(Cl)ccc1C(CN)N(C)CCN1CCCC1. The molecule has 20 heavy (non-hydrogen) atoms. The summed E-state index contributed by atoms with van der Waals surface area (Å²) < 4.78 is 0. The highest BCUT2D eigenvalue weighted by atomic mass is 35.5. The van der Waals surface area contributed by atoms with E-state index in [-0.39, 0.29) is 6.04 Å². The number of nitrogens with zero attached hydrogens (tertiary/aromatic N) is 2. The van der Waals surface area contributed by atoms with Crippen LogP contribution in [0.5, 0.6) is 0 Å². The summed E-state index contributed by atoms with van der Waals surface area (Å²) in [4.78, 5) is 4.91. The van der Waals surface area contributed by atoms with Crippen molar-refractivity contribution < 1.29 is 0 Å². The Kier molecular flexibility index (Phi) is 5.85. The third kappa shape index (κ3) is 3.95. The first-order chi connectivity index (χ1) is 9.61. The first-order valence-electron chi connectivity index (χ1n) is 7.50. The summed E-state index contributed by atoms with van der Waals surface area (Å²) in [5, 5.41) is 0.793. The molecule has 0 bridgehead atoms. The summed E-state index contributed by atoms with van der Waals surface area (Å²) in [5.74, 6) is 0. The van der Waals surface area contributed by atoms with Crippen LogP contribution in [0, 0.1) is 6.92 Å². The monoisotopic (exact) mass is 295 g/mol. The molecule has 1 aromatic carbocycles. The molecule has 1 unspecified atom stereocenters.